The van der Waals surface area contributed by atoms with Crippen LogP contribution in [0.4, 0.5) is 4.39 Å². The van der Waals surface area contributed by atoms with Gasteiger partial charge in [0.1, 0.15) is 11.6 Å². The van der Waals surface area contributed by atoms with Crippen LogP contribution in [0.3, 0.4) is 0 Å². The van der Waals surface area contributed by atoms with E-state index in [1.165, 1.54) is 12.1 Å². The van der Waals surface area contributed by atoms with Crippen LogP contribution in [0, 0.1) is 19.7 Å². The first-order chi connectivity index (χ1) is 12.9. The van der Waals surface area contributed by atoms with E-state index in [4.69, 9.17) is 0 Å². The van der Waals surface area contributed by atoms with E-state index >= 15 is 0 Å². The van der Waals surface area contributed by atoms with Gasteiger partial charge in [0.15, 0.2) is 0 Å². The average molecular weight is 369 g/mol. The number of aromatic nitrogens is 4. The summed E-state index contributed by atoms with van der Waals surface area (Å²) in [7, 11) is 1.93. The lowest BCUT2D eigenvalue weighted by Crippen LogP contribution is -2.31. The second kappa shape index (κ2) is 6.79. The normalized spacial score (nSPS) is 17.2. The predicted molar refractivity (Wildman–Crippen MR) is 101 cm³/mol. The Morgan fingerprint density at radius 3 is 2.93 bits per heavy atom. The zero-order chi connectivity index (χ0) is 19.1. The van der Waals surface area contributed by atoms with Gasteiger partial charge in [0.25, 0.3) is 0 Å². The molecule has 6 nitrogen and oxygen atoms in total. The first kappa shape index (κ1) is 17.7. The van der Waals surface area contributed by atoms with Crippen LogP contribution in [0.1, 0.15) is 48.1 Å². The molecule has 1 amide bonds. The largest absolute Gasteiger partial charge is 0.340 e. The van der Waals surface area contributed by atoms with Gasteiger partial charge in [-0.3, -0.25) is 9.48 Å². The summed E-state index contributed by atoms with van der Waals surface area (Å²) in [4.78, 5) is 22.6. The van der Waals surface area contributed by atoms with Gasteiger partial charge in [-0.15, -0.1) is 0 Å². The highest BCUT2D eigenvalue weighted by molar-refractivity contribution is 5.78. The lowest BCUT2D eigenvalue weighted by Gasteiger charge is -2.23. The number of H-pyrrole nitrogens is 1. The van der Waals surface area contributed by atoms with Crippen LogP contribution < -0.4 is 0 Å². The van der Waals surface area contributed by atoms with Gasteiger partial charge in [0, 0.05) is 25.7 Å². The first-order valence-corrected chi connectivity index (χ1v) is 9.37. The number of rotatable bonds is 4. The Kier molecular flexibility index (Phi) is 4.45. The summed E-state index contributed by atoms with van der Waals surface area (Å²) in [6.45, 7) is 4.75. The van der Waals surface area contributed by atoms with Gasteiger partial charge in [-0.25, -0.2) is 9.37 Å². The van der Waals surface area contributed by atoms with Crippen molar-refractivity contribution < 1.29 is 9.18 Å². The van der Waals surface area contributed by atoms with E-state index in [1.807, 2.05) is 30.5 Å². The molecule has 0 bridgehead atoms. The van der Waals surface area contributed by atoms with Crippen molar-refractivity contribution in [1.29, 1.82) is 0 Å². The third kappa shape index (κ3) is 3.22. The van der Waals surface area contributed by atoms with Crippen LogP contribution in [0.2, 0.25) is 0 Å². The van der Waals surface area contributed by atoms with E-state index in [9.17, 15) is 9.18 Å². The van der Waals surface area contributed by atoms with Gasteiger partial charge in [0.05, 0.1) is 22.8 Å². The molecular weight excluding hydrogens is 345 g/mol. The number of aryl methyl sites for hydroxylation is 2. The molecule has 3 heterocycles. The molecule has 7 heteroatoms. The first-order valence-electron chi connectivity index (χ1n) is 9.37. The number of nitrogens with one attached hydrogen (secondary N) is 1. The fraction of sp³-hybridized carbons (Fsp3) is 0.450. The summed E-state index contributed by atoms with van der Waals surface area (Å²) in [5.41, 5.74) is 4.65. The number of hydrogen-bond acceptors (Lipinski definition) is 3. The second-order valence-electron chi connectivity index (χ2n) is 7.30. The standard InChI is InChI=1S/C20H24FN5O/c1-12-15(13(2)25(3)24-12)7-9-19(27)26-10-4-5-18(26)20-22-16-8-6-14(21)11-17(16)23-20/h6,8,11,18H,4-5,7,9-10H2,1-3H3,(H,22,23)/t18-/m1/s1. The number of aromatic amines is 1. The molecule has 1 aromatic carbocycles. The molecule has 1 aliphatic heterocycles. The molecule has 1 atom stereocenters. The summed E-state index contributed by atoms with van der Waals surface area (Å²) in [6, 6.07) is 4.45. The Balaban J connectivity index is 1.50. The maximum absolute atomic E-state index is 13.4. The molecule has 1 aliphatic rings. The molecular formula is C20H24FN5O. The molecule has 2 aromatic heterocycles. The zero-order valence-corrected chi connectivity index (χ0v) is 15.9. The minimum Gasteiger partial charge on any atom is -0.340 e. The predicted octanol–water partition coefficient (Wildman–Crippen LogP) is 3.35. The SMILES string of the molecule is Cc1nn(C)c(C)c1CCC(=O)N1CCC[C@@H]1c1nc2ccc(F)cc2[nH]1. The van der Waals surface area contributed by atoms with Crippen LogP contribution in [0.25, 0.3) is 11.0 Å². The van der Waals surface area contributed by atoms with Gasteiger partial charge in [-0.1, -0.05) is 0 Å². The Morgan fingerprint density at radius 2 is 2.19 bits per heavy atom. The van der Waals surface area contributed by atoms with Gasteiger partial charge >= 0.3 is 0 Å². The molecule has 1 saturated heterocycles. The number of fused-ring (bicyclic) bond motifs is 1. The number of carbonyl (C=O) groups excluding carboxylic acids is 1. The van der Waals surface area contributed by atoms with Crippen molar-refractivity contribution in [2.45, 2.75) is 45.6 Å². The van der Waals surface area contributed by atoms with Crippen LogP contribution in [0.15, 0.2) is 18.2 Å². The summed E-state index contributed by atoms with van der Waals surface area (Å²) >= 11 is 0. The summed E-state index contributed by atoms with van der Waals surface area (Å²) < 4.78 is 15.3. The number of imidazole rings is 1. The second-order valence-corrected chi connectivity index (χ2v) is 7.30. The van der Waals surface area contributed by atoms with Crippen molar-refractivity contribution in [2.24, 2.45) is 7.05 Å². The number of halogens is 1. The smallest absolute Gasteiger partial charge is 0.223 e. The number of benzene rings is 1. The minimum atomic E-state index is -0.292. The fourth-order valence-electron chi connectivity index (χ4n) is 4.06. The van der Waals surface area contributed by atoms with Gasteiger partial charge in [0.2, 0.25) is 5.91 Å². The number of hydrogen-bond donors (Lipinski definition) is 1. The Morgan fingerprint density at radius 1 is 1.37 bits per heavy atom. The number of amides is 1. The van der Waals surface area contributed by atoms with E-state index in [1.54, 1.807) is 6.07 Å². The van der Waals surface area contributed by atoms with Crippen molar-refractivity contribution in [2.75, 3.05) is 6.54 Å². The van der Waals surface area contributed by atoms with Gasteiger partial charge in [-0.05, 0) is 56.9 Å². The molecule has 4 rings (SSSR count). The number of likely N-dealkylation sites (tertiary alicyclic amines) is 1. The molecule has 1 fully saturated rings. The van der Waals surface area contributed by atoms with Crippen molar-refractivity contribution >= 4 is 16.9 Å². The highest BCUT2D eigenvalue weighted by Gasteiger charge is 2.32. The van der Waals surface area contributed by atoms with Crippen molar-refractivity contribution in [1.82, 2.24) is 24.6 Å². The molecule has 0 radical (unpaired) electrons. The topological polar surface area (TPSA) is 66.8 Å². The molecule has 27 heavy (non-hydrogen) atoms. The third-order valence-corrected chi connectivity index (χ3v) is 5.60. The van der Waals surface area contributed by atoms with Crippen LogP contribution in [0.5, 0.6) is 0 Å². The monoisotopic (exact) mass is 369 g/mol. The minimum absolute atomic E-state index is 0.0657. The Hall–Kier alpha value is -2.70. The summed E-state index contributed by atoms with van der Waals surface area (Å²) in [6.07, 6.45) is 2.98. The quantitative estimate of drug-likeness (QED) is 0.767. The highest BCUT2D eigenvalue weighted by atomic mass is 19.1. The van der Waals surface area contributed by atoms with E-state index in [0.717, 1.165) is 47.7 Å². The van der Waals surface area contributed by atoms with Crippen molar-refractivity contribution in [3.05, 3.63) is 46.8 Å². The maximum Gasteiger partial charge on any atom is 0.223 e. The van der Waals surface area contributed by atoms with E-state index in [-0.39, 0.29) is 17.8 Å². The summed E-state index contributed by atoms with van der Waals surface area (Å²) in [5, 5.41) is 4.43. The van der Waals surface area contributed by atoms with Crippen LogP contribution >= 0.6 is 0 Å². The molecule has 0 unspecified atom stereocenters. The Labute approximate surface area is 157 Å². The van der Waals surface area contributed by atoms with E-state index < -0.39 is 0 Å². The Bertz CT molecular complexity index is 1010. The summed E-state index contributed by atoms with van der Waals surface area (Å²) in [5.74, 6) is 0.584. The molecule has 1 N–H and O–H groups in total. The lowest BCUT2D eigenvalue weighted by atomic mass is 10.1. The number of carbonyl (C=O) groups is 1. The van der Waals surface area contributed by atoms with Gasteiger partial charge in [-0.2, -0.15) is 5.10 Å². The zero-order valence-electron chi connectivity index (χ0n) is 15.9. The average Bonchev–Trinajstić information content (AvgIpc) is 3.32. The maximum atomic E-state index is 13.4. The van der Waals surface area contributed by atoms with Crippen LogP contribution in [-0.2, 0) is 18.3 Å². The molecule has 3 aromatic rings. The van der Waals surface area contributed by atoms with E-state index in [2.05, 4.69) is 15.1 Å². The molecule has 0 saturated carbocycles. The fourth-order valence-corrected chi connectivity index (χ4v) is 4.06. The van der Waals surface area contributed by atoms with Crippen molar-refractivity contribution in [3.63, 3.8) is 0 Å². The highest BCUT2D eigenvalue weighted by Crippen LogP contribution is 2.32. The molecule has 0 aliphatic carbocycles. The van der Waals surface area contributed by atoms with Gasteiger partial charge < -0.3 is 9.88 Å². The molecule has 0 spiro atoms. The lowest BCUT2D eigenvalue weighted by molar-refractivity contribution is -0.132. The van der Waals surface area contributed by atoms with Crippen molar-refractivity contribution in [3.8, 4) is 0 Å². The van der Waals surface area contributed by atoms with Crippen LogP contribution in [-0.4, -0.2) is 37.1 Å². The third-order valence-electron chi connectivity index (χ3n) is 5.60. The molecule has 142 valence electrons. The number of nitrogens with zero attached hydrogens (tertiary/aromatic N) is 4. The van der Waals surface area contributed by atoms with E-state index in [0.29, 0.717) is 18.4 Å².